The van der Waals surface area contributed by atoms with Crippen molar-refractivity contribution in [1.29, 1.82) is 0 Å². The van der Waals surface area contributed by atoms with Crippen molar-refractivity contribution in [3.05, 3.63) is 50.6 Å². The third-order valence-electron chi connectivity index (χ3n) is 15.7. The maximum absolute atomic E-state index is 13.0. The first-order valence-electron chi connectivity index (χ1n) is 20.7. The number of fused-ring (bicyclic) bond motifs is 2. The van der Waals surface area contributed by atoms with Crippen molar-refractivity contribution < 1.29 is 43.9 Å². The van der Waals surface area contributed by atoms with Gasteiger partial charge in [0, 0.05) is 30.1 Å². The number of carbonyl (C=O) groups excluding carboxylic acids is 3. The first-order valence-corrected chi connectivity index (χ1v) is 20.7. The predicted molar refractivity (Wildman–Crippen MR) is 214 cm³/mol. The van der Waals surface area contributed by atoms with Gasteiger partial charge in [-0.3, -0.25) is 14.4 Å². The monoisotopic (exact) mass is 769 g/mol. The van der Waals surface area contributed by atoms with Crippen LogP contribution in [0.25, 0.3) is 0 Å². The van der Waals surface area contributed by atoms with E-state index < -0.39 is 58.0 Å². The molecule has 12 atom stereocenters. The Morgan fingerprint density at radius 3 is 1.82 bits per heavy atom. The van der Waals surface area contributed by atoms with Crippen LogP contribution < -0.4 is 0 Å². The Bertz CT molecular complexity index is 1440. The highest BCUT2D eigenvalue weighted by Gasteiger charge is 2.71. The molecule has 4 fully saturated rings. The second-order valence-electron chi connectivity index (χ2n) is 19.3. The van der Waals surface area contributed by atoms with Gasteiger partial charge in [0.2, 0.25) is 0 Å². The molecule has 0 radical (unpaired) electrons. The molecule has 0 aromatic heterocycles. The molecule has 9 heteroatoms. The standard InChI is InChI=1S/C46H72O9/c1-11-15-19-36(49)53-29-44(9)32-22-25-45(10,33(18-14-4)43(32,8)24-23-34(44)47)42(7)27-31-26-41(5,6)40(55-38(51)21-17-13-3)39(52)46(31,35(48)28-42)30-54-37(50)20-16-12-2/h11-14,31-35,39-40,47-48,52H,1-4,15-30H2,5-10H3/t31?,32?,33?,34-,35+,39-,40-,42-,43-,44+,45+,46-/m0/s1. The fourth-order valence-electron chi connectivity index (χ4n) is 12.3. The molecule has 0 amide bonds. The maximum Gasteiger partial charge on any atom is 0.306 e. The van der Waals surface area contributed by atoms with Crippen LogP contribution in [0.1, 0.15) is 131 Å². The number of aliphatic hydroxyl groups excluding tert-OH is 3. The Labute approximate surface area is 331 Å². The molecule has 4 saturated carbocycles. The molecular weight excluding hydrogens is 696 g/mol. The average Bonchev–Trinajstić information content (AvgIpc) is 3.12. The van der Waals surface area contributed by atoms with Crippen LogP contribution in [0.2, 0.25) is 0 Å². The van der Waals surface area contributed by atoms with E-state index in [0.717, 1.165) is 25.7 Å². The van der Waals surface area contributed by atoms with Crippen molar-refractivity contribution >= 4 is 17.9 Å². The zero-order chi connectivity index (χ0) is 41.0. The molecule has 0 aromatic rings. The summed E-state index contributed by atoms with van der Waals surface area (Å²) in [5.41, 5.74) is -3.48. The van der Waals surface area contributed by atoms with Crippen LogP contribution in [-0.2, 0) is 28.6 Å². The third kappa shape index (κ3) is 8.32. The number of carbonyl (C=O) groups is 3. The Kier molecular flexibility index (Phi) is 14.2. The van der Waals surface area contributed by atoms with E-state index in [9.17, 15) is 29.7 Å². The molecule has 9 nitrogen and oxygen atoms in total. The molecule has 0 aliphatic heterocycles. The summed E-state index contributed by atoms with van der Waals surface area (Å²) in [6, 6.07) is 0. The number of rotatable bonds is 17. The number of esters is 3. The smallest absolute Gasteiger partial charge is 0.306 e. The molecule has 4 rings (SSSR count). The van der Waals surface area contributed by atoms with E-state index in [2.05, 4.69) is 54.0 Å². The summed E-state index contributed by atoms with van der Waals surface area (Å²) in [7, 11) is 0. The van der Waals surface area contributed by atoms with Gasteiger partial charge in [-0.1, -0.05) is 65.8 Å². The normalized spacial score (nSPS) is 40.7. The second kappa shape index (κ2) is 17.4. The summed E-state index contributed by atoms with van der Waals surface area (Å²) >= 11 is 0. The number of aliphatic hydroxyl groups is 3. The van der Waals surface area contributed by atoms with E-state index in [-0.39, 0.29) is 67.0 Å². The van der Waals surface area contributed by atoms with Gasteiger partial charge in [0.15, 0.2) is 0 Å². The molecule has 0 aromatic carbocycles. The van der Waals surface area contributed by atoms with Crippen molar-refractivity contribution in [3.63, 3.8) is 0 Å². The Morgan fingerprint density at radius 2 is 1.25 bits per heavy atom. The predicted octanol–water partition coefficient (Wildman–Crippen LogP) is 8.21. The molecule has 0 saturated heterocycles. The van der Waals surface area contributed by atoms with Crippen LogP contribution in [0.5, 0.6) is 0 Å². The molecule has 55 heavy (non-hydrogen) atoms. The fraction of sp³-hybridized carbons (Fsp3) is 0.761. The first-order chi connectivity index (χ1) is 25.8. The topological polar surface area (TPSA) is 140 Å². The summed E-state index contributed by atoms with van der Waals surface area (Å²) in [4.78, 5) is 38.7. The van der Waals surface area contributed by atoms with Gasteiger partial charge in [0.05, 0.1) is 24.2 Å². The highest BCUT2D eigenvalue weighted by Crippen LogP contribution is 2.73. The van der Waals surface area contributed by atoms with E-state index in [4.69, 9.17) is 14.2 Å². The molecule has 0 spiro atoms. The van der Waals surface area contributed by atoms with Crippen molar-refractivity contribution in [2.75, 3.05) is 13.2 Å². The third-order valence-corrected chi connectivity index (χ3v) is 15.7. The van der Waals surface area contributed by atoms with Crippen molar-refractivity contribution in [3.8, 4) is 0 Å². The number of allylic oxidation sites excluding steroid dienone is 4. The molecule has 0 bridgehead atoms. The lowest BCUT2D eigenvalue weighted by Gasteiger charge is -2.70. The molecule has 3 unspecified atom stereocenters. The Morgan fingerprint density at radius 1 is 0.691 bits per heavy atom. The van der Waals surface area contributed by atoms with E-state index in [1.165, 1.54) is 0 Å². The van der Waals surface area contributed by atoms with Crippen molar-refractivity contribution in [1.82, 2.24) is 0 Å². The minimum atomic E-state index is -1.28. The molecule has 4 aliphatic rings. The summed E-state index contributed by atoms with van der Waals surface area (Å²) < 4.78 is 17.8. The van der Waals surface area contributed by atoms with E-state index in [1.807, 2.05) is 19.9 Å². The van der Waals surface area contributed by atoms with Gasteiger partial charge in [-0.15, -0.1) is 26.3 Å². The fourth-order valence-corrected chi connectivity index (χ4v) is 12.3. The number of hydrogen-bond acceptors (Lipinski definition) is 9. The summed E-state index contributed by atoms with van der Waals surface area (Å²) in [6.45, 7) is 28.4. The zero-order valence-corrected chi connectivity index (χ0v) is 34.8. The van der Waals surface area contributed by atoms with Gasteiger partial charge >= 0.3 is 17.9 Å². The van der Waals surface area contributed by atoms with Crippen LogP contribution in [0, 0.1) is 50.2 Å². The van der Waals surface area contributed by atoms with Crippen molar-refractivity contribution in [2.24, 2.45) is 50.2 Å². The van der Waals surface area contributed by atoms with E-state index in [1.54, 1.807) is 18.2 Å². The number of hydrogen-bond donors (Lipinski definition) is 3. The zero-order valence-electron chi connectivity index (χ0n) is 34.8. The average molecular weight is 769 g/mol. The quantitative estimate of drug-likeness (QED) is 0.0759. The minimum absolute atomic E-state index is 0.0760. The van der Waals surface area contributed by atoms with Gasteiger partial charge in [-0.2, -0.15) is 0 Å². The molecule has 0 heterocycles. The SMILES string of the molecule is C=CCCC(=O)OC[C@@]12C(CC(C)(C)[C@@H](OC(=O)CCC=C)[C@@H]1O)C[C@](C)([C@]1(C)CCC3[C@](C)(CC[C@H](O)[C@]3(C)COC(=O)CCC=C)C1CC=C)C[C@H]2O. The van der Waals surface area contributed by atoms with Crippen LogP contribution in [0.4, 0.5) is 0 Å². The largest absolute Gasteiger partial charge is 0.465 e. The summed E-state index contributed by atoms with van der Waals surface area (Å²) in [5.74, 6) is -1.21. The van der Waals surface area contributed by atoms with Crippen LogP contribution in [0.3, 0.4) is 0 Å². The lowest BCUT2D eigenvalue weighted by atomic mass is 9.35. The van der Waals surface area contributed by atoms with Crippen LogP contribution in [-0.4, -0.2) is 70.9 Å². The molecule has 4 aliphatic carbocycles. The van der Waals surface area contributed by atoms with Gasteiger partial charge in [0.1, 0.15) is 18.8 Å². The Balaban J connectivity index is 1.73. The first kappa shape index (κ1) is 45.0. The summed E-state index contributed by atoms with van der Waals surface area (Å²) in [5, 5.41) is 36.7. The van der Waals surface area contributed by atoms with E-state index in [0.29, 0.717) is 44.9 Å². The van der Waals surface area contributed by atoms with Crippen molar-refractivity contribution in [2.45, 2.75) is 156 Å². The van der Waals surface area contributed by atoms with Gasteiger partial charge in [-0.05, 0) is 105 Å². The maximum atomic E-state index is 13.0. The second-order valence-corrected chi connectivity index (χ2v) is 19.3. The highest BCUT2D eigenvalue weighted by atomic mass is 16.6. The lowest BCUT2D eigenvalue weighted by molar-refractivity contribution is -0.280. The van der Waals surface area contributed by atoms with Gasteiger partial charge in [-0.25, -0.2) is 0 Å². The molecule has 310 valence electrons. The minimum Gasteiger partial charge on any atom is -0.465 e. The molecule has 3 N–H and O–H groups in total. The van der Waals surface area contributed by atoms with E-state index >= 15 is 0 Å². The van der Waals surface area contributed by atoms with Crippen LogP contribution >= 0.6 is 0 Å². The Hall–Kier alpha value is -2.75. The lowest BCUT2D eigenvalue weighted by Crippen LogP contribution is -2.71. The van der Waals surface area contributed by atoms with Gasteiger partial charge < -0.3 is 29.5 Å². The van der Waals surface area contributed by atoms with Crippen LogP contribution in [0.15, 0.2) is 50.6 Å². The highest BCUT2D eigenvalue weighted by molar-refractivity contribution is 5.70. The number of ether oxygens (including phenoxy) is 3. The van der Waals surface area contributed by atoms with Gasteiger partial charge in [0.25, 0.3) is 0 Å². The summed E-state index contributed by atoms with van der Waals surface area (Å²) in [6.07, 6.45) is 10.5. The molecular formula is C46H72O9.